The maximum Gasteiger partial charge on any atom is 0.293 e. The number of amides is 1. The number of nitro groups is 1. The summed E-state index contributed by atoms with van der Waals surface area (Å²) in [5.41, 5.74) is 5.54. The minimum absolute atomic E-state index is 0.0599. The van der Waals surface area contributed by atoms with Crippen molar-refractivity contribution >= 4 is 49.7 Å². The number of aromatic nitrogens is 2. The molecule has 66 heavy (non-hydrogen) atoms. The average Bonchev–Trinajstić information content (AvgIpc) is 3.93. The van der Waals surface area contributed by atoms with E-state index in [0.29, 0.717) is 36.7 Å². The van der Waals surface area contributed by atoms with Crippen molar-refractivity contribution in [1.29, 1.82) is 0 Å². The summed E-state index contributed by atoms with van der Waals surface area (Å²) in [7, 11) is -4.58. The number of ether oxygens (including phenoxy) is 1. The van der Waals surface area contributed by atoms with Gasteiger partial charge in [-0.05, 0) is 154 Å². The van der Waals surface area contributed by atoms with E-state index in [2.05, 4.69) is 78.3 Å². The molecule has 4 aliphatic rings. The number of benzene rings is 4. The lowest BCUT2D eigenvalue weighted by molar-refractivity contribution is -0.384. The summed E-state index contributed by atoms with van der Waals surface area (Å²) < 4.78 is 35.9. The maximum absolute atomic E-state index is 14.0. The molecule has 0 atom stereocenters. The van der Waals surface area contributed by atoms with Crippen LogP contribution in [-0.2, 0) is 10.0 Å². The number of sulfonamides is 1. The van der Waals surface area contributed by atoms with Gasteiger partial charge in [-0.1, -0.05) is 36.4 Å². The van der Waals surface area contributed by atoms with Crippen LogP contribution in [-0.4, -0.2) is 71.6 Å². The zero-order valence-corrected chi connectivity index (χ0v) is 37.9. The van der Waals surface area contributed by atoms with Gasteiger partial charge in [-0.3, -0.25) is 14.9 Å². The maximum atomic E-state index is 14.0. The molecular weight excluding hydrogens is 855 g/mol. The second kappa shape index (κ2) is 17.4. The minimum Gasteiger partial charge on any atom is -0.455 e. The molecule has 6 aromatic rings. The molecule has 2 saturated carbocycles. The van der Waals surface area contributed by atoms with Crippen LogP contribution in [0.15, 0.2) is 114 Å². The molecule has 342 valence electrons. The fourth-order valence-electron chi connectivity index (χ4n) is 10.4. The van der Waals surface area contributed by atoms with Crippen molar-refractivity contribution in [2.45, 2.75) is 93.1 Å². The minimum atomic E-state index is -4.58. The highest BCUT2D eigenvalue weighted by Gasteiger charge is 2.44. The Bertz CT molecular complexity index is 2900. The smallest absolute Gasteiger partial charge is 0.293 e. The first kappa shape index (κ1) is 43.4. The van der Waals surface area contributed by atoms with E-state index in [1.165, 1.54) is 61.3 Å². The molecule has 0 bridgehead atoms. The number of fused-ring (bicyclic) bond motifs is 1. The summed E-state index contributed by atoms with van der Waals surface area (Å²) in [6, 6.07) is 29.5. The van der Waals surface area contributed by atoms with Crippen LogP contribution < -0.4 is 24.6 Å². The topological polar surface area (TPSA) is 183 Å². The van der Waals surface area contributed by atoms with Crippen LogP contribution in [0.5, 0.6) is 11.5 Å². The van der Waals surface area contributed by atoms with Gasteiger partial charge in [-0.15, -0.1) is 0 Å². The van der Waals surface area contributed by atoms with Crippen molar-refractivity contribution in [2.24, 2.45) is 5.92 Å². The van der Waals surface area contributed by atoms with E-state index in [0.717, 1.165) is 73.6 Å². The number of anilines is 3. The molecule has 0 radical (unpaired) electrons. The molecule has 4 aromatic carbocycles. The first-order valence-electron chi connectivity index (χ1n) is 23.1. The van der Waals surface area contributed by atoms with Crippen molar-refractivity contribution in [3.05, 3.63) is 131 Å². The predicted molar refractivity (Wildman–Crippen MR) is 256 cm³/mol. The molecule has 10 rings (SSSR count). The van der Waals surface area contributed by atoms with Gasteiger partial charge in [0.1, 0.15) is 22.8 Å². The van der Waals surface area contributed by atoms with Crippen LogP contribution in [0, 0.1) is 16.0 Å². The molecule has 2 aromatic heterocycles. The van der Waals surface area contributed by atoms with E-state index in [9.17, 15) is 28.4 Å². The second-order valence-electron chi connectivity index (χ2n) is 18.9. The highest BCUT2D eigenvalue weighted by molar-refractivity contribution is 7.90. The third kappa shape index (κ3) is 8.93. The van der Waals surface area contributed by atoms with Crippen molar-refractivity contribution in [3.8, 4) is 22.6 Å². The summed E-state index contributed by atoms with van der Waals surface area (Å²) >= 11 is 0. The van der Waals surface area contributed by atoms with Crippen molar-refractivity contribution < 1.29 is 28.0 Å². The van der Waals surface area contributed by atoms with Crippen LogP contribution in [0.1, 0.15) is 93.0 Å². The van der Waals surface area contributed by atoms with Gasteiger partial charge in [0, 0.05) is 60.7 Å². The highest BCUT2D eigenvalue weighted by Crippen LogP contribution is 2.49. The summed E-state index contributed by atoms with van der Waals surface area (Å²) in [6.45, 7) is 5.29. The number of H-pyrrole nitrogens is 1. The molecule has 4 N–H and O–H groups in total. The molecule has 15 heteroatoms. The van der Waals surface area contributed by atoms with E-state index in [4.69, 9.17) is 4.74 Å². The standard InChI is InChI=1S/C51H55N7O7S/c1-50(60)21-17-34(18-22-50)32-53-44-16-14-41(31-46(44)58(61)62)66(63,64)55-49(59)43-15-11-37(30-47(43)65-40-29-38-19-25-52-48(38)54-33-40)35-9-12-39(13-10-35)56-27-23-51(24-28-56)20-4-26-57(51)45-6-3-2-5-42(45)36-7-8-36/h2-3,5-6,9-16,19,25,29-31,33-34,36,53,60H,4,7-8,17-18,20-24,26-28,32H2,1H3,(H,52,54)(H,55,59)/t34-,50-. The zero-order chi connectivity index (χ0) is 45.6. The summed E-state index contributed by atoms with van der Waals surface area (Å²) in [5.74, 6) is 0.372. The van der Waals surface area contributed by atoms with Crippen LogP contribution in [0.3, 0.4) is 0 Å². The van der Waals surface area contributed by atoms with Crippen LogP contribution in [0.25, 0.3) is 22.2 Å². The second-order valence-corrected chi connectivity index (χ2v) is 20.6. The molecular formula is C51H55N7O7S. The Kier molecular flexibility index (Phi) is 11.5. The van der Waals surface area contributed by atoms with Crippen LogP contribution >= 0.6 is 0 Å². The van der Waals surface area contributed by atoms with E-state index in [-0.39, 0.29) is 28.5 Å². The van der Waals surface area contributed by atoms with Gasteiger partial charge in [0.2, 0.25) is 0 Å². The van der Waals surface area contributed by atoms with Crippen molar-refractivity contribution in [3.63, 3.8) is 0 Å². The number of hydrogen-bond acceptors (Lipinski definition) is 11. The summed E-state index contributed by atoms with van der Waals surface area (Å²) in [5, 5.41) is 26.4. The third-order valence-corrected chi connectivity index (χ3v) is 15.7. The Hall–Kier alpha value is -6.45. The molecule has 4 heterocycles. The van der Waals surface area contributed by atoms with E-state index in [1.54, 1.807) is 24.4 Å². The Labute approximate surface area is 384 Å². The summed E-state index contributed by atoms with van der Waals surface area (Å²) in [6.07, 6.45) is 13.3. The lowest BCUT2D eigenvalue weighted by Crippen LogP contribution is -2.52. The van der Waals surface area contributed by atoms with Crippen LogP contribution in [0.2, 0.25) is 0 Å². The number of para-hydroxylation sites is 1. The van der Waals surface area contributed by atoms with Gasteiger partial charge < -0.3 is 29.9 Å². The molecule has 2 aliphatic heterocycles. The predicted octanol–water partition coefficient (Wildman–Crippen LogP) is 9.92. The molecule has 14 nitrogen and oxygen atoms in total. The van der Waals surface area contributed by atoms with Gasteiger partial charge in [0.15, 0.2) is 0 Å². The number of nitrogens with one attached hydrogen (secondary N) is 3. The lowest BCUT2D eigenvalue weighted by atomic mass is 9.80. The molecule has 1 spiro atoms. The molecule has 2 saturated heterocycles. The Morgan fingerprint density at radius 1 is 0.909 bits per heavy atom. The largest absolute Gasteiger partial charge is 0.455 e. The highest BCUT2D eigenvalue weighted by atomic mass is 32.2. The number of aliphatic hydroxyl groups is 1. The van der Waals surface area contributed by atoms with Crippen molar-refractivity contribution in [2.75, 3.05) is 41.3 Å². The number of pyridine rings is 1. The van der Waals surface area contributed by atoms with Gasteiger partial charge >= 0.3 is 0 Å². The van der Waals surface area contributed by atoms with E-state index in [1.807, 2.05) is 13.0 Å². The van der Waals surface area contributed by atoms with Gasteiger partial charge in [-0.2, -0.15) is 0 Å². The number of nitrogens with zero attached hydrogens (tertiary/aromatic N) is 4. The average molecular weight is 910 g/mol. The van der Waals surface area contributed by atoms with Crippen LogP contribution in [0.4, 0.5) is 22.7 Å². The SMILES string of the molecule is C[C@]1(O)CC[C@H](CNc2ccc(S(=O)(=O)NC(=O)c3ccc(-c4ccc(N5CCC6(CCCN6c6ccccc6C6CC6)CC5)cc4)cc3Oc3cnc4[nH]ccc4c3)cc2[N+](=O)[O-])CC1. The van der Waals surface area contributed by atoms with E-state index >= 15 is 0 Å². The summed E-state index contributed by atoms with van der Waals surface area (Å²) in [4.78, 5) is 37.7. The van der Waals surface area contributed by atoms with Gasteiger partial charge in [0.25, 0.3) is 21.6 Å². The molecule has 2 aliphatic carbocycles. The number of nitro benzene ring substituents is 1. The molecule has 0 unspecified atom stereocenters. The molecule has 4 fully saturated rings. The number of aromatic amines is 1. The Morgan fingerprint density at radius 2 is 1.67 bits per heavy atom. The number of carbonyl (C=O) groups is 1. The zero-order valence-electron chi connectivity index (χ0n) is 37.0. The fourth-order valence-corrected chi connectivity index (χ4v) is 11.4. The fraction of sp³-hybridized carbons (Fsp3) is 0.373. The Balaban J connectivity index is 0.861. The number of rotatable bonds is 13. The Morgan fingerprint density at radius 3 is 2.42 bits per heavy atom. The third-order valence-electron chi connectivity index (χ3n) is 14.4. The van der Waals surface area contributed by atoms with Crippen molar-refractivity contribution in [1.82, 2.24) is 14.7 Å². The van der Waals surface area contributed by atoms with Gasteiger partial charge in [0.05, 0.1) is 27.2 Å². The van der Waals surface area contributed by atoms with Gasteiger partial charge in [-0.25, -0.2) is 18.1 Å². The lowest BCUT2D eigenvalue weighted by Gasteiger charge is -2.47. The number of piperidine rings is 1. The number of hydrogen-bond donors (Lipinski definition) is 4. The first-order valence-corrected chi connectivity index (χ1v) is 24.6. The first-order chi connectivity index (χ1) is 31.8. The normalized spacial score (nSPS) is 20.7. The number of carbonyl (C=O) groups excluding carboxylic acids is 1. The quantitative estimate of drug-likeness (QED) is 0.0639. The monoisotopic (exact) mass is 909 g/mol. The molecule has 1 amide bonds. The van der Waals surface area contributed by atoms with E-state index < -0.39 is 37.0 Å².